The van der Waals surface area contributed by atoms with Gasteiger partial charge in [-0.2, -0.15) is 4.98 Å². The van der Waals surface area contributed by atoms with Gasteiger partial charge in [-0.05, 0) is 38.1 Å². The summed E-state index contributed by atoms with van der Waals surface area (Å²) < 4.78 is 45.1. The molecular formula is C18H22FN5O4S. The molecule has 3 rings (SSSR count). The Morgan fingerprint density at radius 1 is 1.34 bits per heavy atom. The second-order valence-electron chi connectivity index (χ2n) is 6.66. The highest BCUT2D eigenvalue weighted by atomic mass is 32.2. The molecule has 1 aromatic carbocycles. The first-order chi connectivity index (χ1) is 13.7. The van der Waals surface area contributed by atoms with Crippen molar-refractivity contribution in [1.82, 2.24) is 15.3 Å². The molecule has 0 radical (unpaired) electrons. The van der Waals surface area contributed by atoms with Gasteiger partial charge in [0.2, 0.25) is 21.8 Å². The fourth-order valence-electron chi connectivity index (χ4n) is 3.32. The lowest BCUT2D eigenvalue weighted by Gasteiger charge is -2.32. The van der Waals surface area contributed by atoms with Gasteiger partial charge in [-0.1, -0.05) is 6.07 Å². The summed E-state index contributed by atoms with van der Waals surface area (Å²) in [7, 11) is -2.36. The molecule has 0 spiro atoms. The molecule has 156 valence electrons. The molecule has 29 heavy (non-hydrogen) atoms. The standard InChI is InChI=1S/C18H22FN5O4S/c1-28-14-5-3-4-13(19)15(14)16(25)12-10-22-18(23-17(12)20)24(29(2,26)27)11-6-8-21-9-7-11/h3-5,10-11,21H,6-9H2,1-2H3,(H2,20,22,23). The number of piperidine rings is 1. The van der Waals surface area contributed by atoms with E-state index in [0.29, 0.717) is 25.9 Å². The van der Waals surface area contributed by atoms with Crippen molar-refractivity contribution in [1.29, 1.82) is 0 Å². The molecule has 1 saturated heterocycles. The fourth-order valence-corrected chi connectivity index (χ4v) is 4.46. The molecular weight excluding hydrogens is 401 g/mol. The number of benzene rings is 1. The van der Waals surface area contributed by atoms with Gasteiger partial charge in [-0.25, -0.2) is 22.1 Å². The highest BCUT2D eigenvalue weighted by Gasteiger charge is 2.31. The number of nitrogen functional groups attached to an aromatic ring is 1. The molecule has 2 aromatic rings. The summed E-state index contributed by atoms with van der Waals surface area (Å²) in [5.74, 6) is -1.84. The first kappa shape index (κ1) is 20.9. The van der Waals surface area contributed by atoms with Gasteiger partial charge in [-0.15, -0.1) is 0 Å². The molecule has 0 saturated carbocycles. The average molecular weight is 423 g/mol. The number of hydrogen-bond donors (Lipinski definition) is 2. The van der Waals surface area contributed by atoms with Crippen molar-refractivity contribution in [2.24, 2.45) is 0 Å². The molecule has 0 aliphatic carbocycles. The maximum Gasteiger partial charge on any atom is 0.241 e. The zero-order chi connectivity index (χ0) is 21.2. The number of sulfonamides is 1. The van der Waals surface area contributed by atoms with Crippen LogP contribution in [-0.4, -0.2) is 56.7 Å². The molecule has 1 fully saturated rings. The van der Waals surface area contributed by atoms with E-state index in [2.05, 4.69) is 15.3 Å². The summed E-state index contributed by atoms with van der Waals surface area (Å²) in [5.41, 5.74) is 5.51. The number of aromatic nitrogens is 2. The zero-order valence-electron chi connectivity index (χ0n) is 16.1. The van der Waals surface area contributed by atoms with Gasteiger partial charge >= 0.3 is 0 Å². The Morgan fingerprint density at radius 3 is 2.62 bits per heavy atom. The summed E-state index contributed by atoms with van der Waals surface area (Å²) in [6, 6.07) is 3.67. The van der Waals surface area contributed by atoms with Gasteiger partial charge in [-0.3, -0.25) is 4.79 Å². The first-order valence-corrected chi connectivity index (χ1v) is 10.8. The van der Waals surface area contributed by atoms with Crippen LogP contribution in [0.2, 0.25) is 0 Å². The highest BCUT2D eigenvalue weighted by molar-refractivity contribution is 7.92. The lowest BCUT2D eigenvalue weighted by molar-refractivity contribution is 0.103. The molecule has 0 bridgehead atoms. The number of carbonyl (C=O) groups is 1. The van der Waals surface area contributed by atoms with E-state index in [1.54, 1.807) is 0 Å². The van der Waals surface area contributed by atoms with Crippen molar-refractivity contribution in [3.63, 3.8) is 0 Å². The van der Waals surface area contributed by atoms with Crippen molar-refractivity contribution in [2.45, 2.75) is 18.9 Å². The summed E-state index contributed by atoms with van der Waals surface area (Å²) in [5, 5.41) is 3.16. The van der Waals surface area contributed by atoms with Crippen molar-refractivity contribution in [3.05, 3.63) is 41.3 Å². The number of ether oxygens (including phenoxy) is 1. The van der Waals surface area contributed by atoms with Crippen LogP contribution in [0.25, 0.3) is 0 Å². The Balaban J connectivity index is 2.01. The zero-order valence-corrected chi connectivity index (χ0v) is 16.9. The molecule has 1 aliphatic rings. The van der Waals surface area contributed by atoms with E-state index >= 15 is 0 Å². The lowest BCUT2D eigenvalue weighted by Crippen LogP contribution is -2.46. The monoisotopic (exact) mass is 423 g/mol. The Morgan fingerprint density at radius 2 is 2.03 bits per heavy atom. The van der Waals surface area contributed by atoms with Crippen LogP contribution in [0.3, 0.4) is 0 Å². The number of ketones is 1. The number of anilines is 2. The summed E-state index contributed by atoms with van der Waals surface area (Å²) in [4.78, 5) is 20.9. The number of methoxy groups -OCH3 is 1. The smallest absolute Gasteiger partial charge is 0.241 e. The third kappa shape index (κ3) is 4.30. The van der Waals surface area contributed by atoms with Crippen LogP contribution in [0.4, 0.5) is 16.2 Å². The van der Waals surface area contributed by atoms with E-state index in [0.717, 1.165) is 22.8 Å². The van der Waals surface area contributed by atoms with E-state index < -0.39 is 21.6 Å². The molecule has 2 heterocycles. The number of halogens is 1. The Hall–Kier alpha value is -2.79. The number of hydrogen-bond acceptors (Lipinski definition) is 8. The van der Waals surface area contributed by atoms with Gasteiger partial charge in [0.05, 0.1) is 25.0 Å². The predicted molar refractivity (Wildman–Crippen MR) is 106 cm³/mol. The minimum atomic E-state index is -3.68. The van der Waals surface area contributed by atoms with Gasteiger partial charge in [0, 0.05) is 6.20 Å². The summed E-state index contributed by atoms with van der Waals surface area (Å²) in [6.07, 6.45) is 3.36. The van der Waals surface area contributed by atoms with Gasteiger partial charge in [0.15, 0.2) is 0 Å². The Bertz CT molecular complexity index is 1020. The Labute approximate surface area is 168 Å². The number of carbonyl (C=O) groups excluding carboxylic acids is 1. The number of nitrogens with two attached hydrogens (primary N) is 1. The van der Waals surface area contributed by atoms with Crippen LogP contribution in [0.5, 0.6) is 5.75 Å². The minimum absolute atomic E-state index is 0.0472. The van der Waals surface area contributed by atoms with E-state index in [4.69, 9.17) is 10.5 Å². The third-order valence-corrected chi connectivity index (χ3v) is 5.84. The fraction of sp³-hybridized carbons (Fsp3) is 0.389. The molecule has 0 unspecified atom stereocenters. The van der Waals surface area contributed by atoms with Crippen molar-refractivity contribution < 1.29 is 22.3 Å². The number of nitrogens with one attached hydrogen (secondary N) is 1. The molecule has 9 nitrogen and oxygen atoms in total. The summed E-state index contributed by atoms with van der Waals surface area (Å²) in [6.45, 7) is 1.33. The van der Waals surface area contributed by atoms with Crippen LogP contribution >= 0.6 is 0 Å². The Kier molecular flexibility index (Phi) is 5.99. The highest BCUT2D eigenvalue weighted by Crippen LogP contribution is 2.28. The third-order valence-electron chi connectivity index (χ3n) is 4.67. The van der Waals surface area contributed by atoms with Gasteiger partial charge in [0.25, 0.3) is 0 Å². The first-order valence-electron chi connectivity index (χ1n) is 8.94. The van der Waals surface area contributed by atoms with E-state index in [1.807, 2.05) is 0 Å². The van der Waals surface area contributed by atoms with E-state index in [1.165, 1.54) is 19.2 Å². The van der Waals surface area contributed by atoms with Crippen LogP contribution < -0.4 is 20.1 Å². The molecule has 0 atom stereocenters. The molecule has 11 heteroatoms. The second kappa shape index (κ2) is 8.29. The molecule has 3 N–H and O–H groups in total. The molecule has 0 amide bonds. The quantitative estimate of drug-likeness (QED) is 0.658. The summed E-state index contributed by atoms with van der Waals surface area (Å²) >= 11 is 0. The number of nitrogens with zero attached hydrogens (tertiary/aromatic N) is 3. The van der Waals surface area contributed by atoms with Crippen molar-refractivity contribution >= 4 is 27.6 Å². The normalized spacial score (nSPS) is 15.1. The van der Waals surface area contributed by atoms with Gasteiger partial charge in [0.1, 0.15) is 22.9 Å². The van der Waals surface area contributed by atoms with E-state index in [9.17, 15) is 17.6 Å². The SMILES string of the molecule is COc1cccc(F)c1C(=O)c1cnc(N(C2CCNCC2)S(C)(=O)=O)nc1N. The van der Waals surface area contributed by atoms with Gasteiger partial charge < -0.3 is 15.8 Å². The maximum absolute atomic E-state index is 14.2. The van der Waals surface area contributed by atoms with Crippen molar-refractivity contribution in [2.75, 3.05) is 36.5 Å². The van der Waals surface area contributed by atoms with E-state index in [-0.39, 0.29) is 34.7 Å². The predicted octanol–water partition coefficient (Wildman–Crippen LogP) is 0.955. The van der Waals surface area contributed by atoms with Crippen LogP contribution in [-0.2, 0) is 10.0 Å². The largest absolute Gasteiger partial charge is 0.496 e. The average Bonchev–Trinajstić information content (AvgIpc) is 2.67. The molecule has 1 aromatic heterocycles. The second-order valence-corrected chi connectivity index (χ2v) is 8.51. The van der Waals surface area contributed by atoms with Crippen molar-refractivity contribution in [3.8, 4) is 5.75 Å². The molecule has 1 aliphatic heterocycles. The topological polar surface area (TPSA) is 128 Å². The van der Waals surface area contributed by atoms with Crippen LogP contribution in [0.1, 0.15) is 28.8 Å². The van der Waals surface area contributed by atoms with Crippen LogP contribution in [0.15, 0.2) is 24.4 Å². The number of rotatable bonds is 6. The van der Waals surface area contributed by atoms with Crippen LogP contribution in [0, 0.1) is 5.82 Å². The lowest BCUT2D eigenvalue weighted by atomic mass is 10.0. The maximum atomic E-state index is 14.2. The minimum Gasteiger partial charge on any atom is -0.496 e.